The van der Waals surface area contributed by atoms with E-state index in [9.17, 15) is 4.79 Å². The van der Waals surface area contributed by atoms with Gasteiger partial charge in [-0.15, -0.1) is 10.2 Å². The van der Waals surface area contributed by atoms with Gasteiger partial charge in [0.15, 0.2) is 5.65 Å². The molecule has 1 amide bonds. The van der Waals surface area contributed by atoms with E-state index >= 15 is 0 Å². The Morgan fingerprint density at radius 1 is 1.03 bits per heavy atom. The molecular weight excluding hydrogens is 450 g/mol. The highest BCUT2D eigenvalue weighted by atomic mass is 79.9. The molecule has 29 heavy (non-hydrogen) atoms. The largest absolute Gasteiger partial charge is 0.325 e. The van der Waals surface area contributed by atoms with E-state index in [1.54, 1.807) is 4.52 Å². The highest BCUT2D eigenvalue weighted by molar-refractivity contribution is 9.10. The summed E-state index contributed by atoms with van der Waals surface area (Å²) in [4.78, 5) is 12.4. The van der Waals surface area contributed by atoms with Gasteiger partial charge >= 0.3 is 0 Å². The molecule has 0 saturated heterocycles. The molecule has 4 aromatic rings. The van der Waals surface area contributed by atoms with Crippen LogP contribution in [0.25, 0.3) is 16.9 Å². The van der Waals surface area contributed by atoms with Crippen molar-refractivity contribution < 1.29 is 4.79 Å². The molecule has 1 N–H and O–H groups in total. The van der Waals surface area contributed by atoms with Crippen LogP contribution < -0.4 is 5.32 Å². The number of hydrogen-bond acceptors (Lipinski definition) is 5. The normalized spacial score (nSPS) is 11.0. The third-order valence-corrected chi connectivity index (χ3v) is 5.66. The number of rotatable bonds is 5. The van der Waals surface area contributed by atoms with Gasteiger partial charge in [-0.3, -0.25) is 4.79 Å². The molecule has 4 rings (SSSR count). The zero-order valence-corrected chi connectivity index (χ0v) is 18.3. The Morgan fingerprint density at radius 2 is 1.76 bits per heavy atom. The standard InChI is InChI=1S/C21H18BrN5OS/c1-13-9-14(2)11-17(10-13)23-20(28)12-29-21-25-24-19-8-7-18(26-27(19)21)15-3-5-16(22)6-4-15/h3-11H,12H2,1-2H3,(H,23,28). The van der Waals surface area contributed by atoms with Crippen molar-refractivity contribution in [3.8, 4) is 11.3 Å². The second-order valence-electron chi connectivity index (χ2n) is 6.69. The van der Waals surface area contributed by atoms with Crippen LogP contribution >= 0.6 is 27.7 Å². The Labute approximate surface area is 180 Å². The first-order chi connectivity index (χ1) is 14.0. The predicted molar refractivity (Wildman–Crippen MR) is 119 cm³/mol. The molecule has 0 aliphatic carbocycles. The van der Waals surface area contributed by atoms with E-state index in [0.29, 0.717) is 10.8 Å². The summed E-state index contributed by atoms with van der Waals surface area (Å²) in [7, 11) is 0. The maximum absolute atomic E-state index is 12.4. The number of aryl methyl sites for hydroxylation is 2. The zero-order valence-electron chi connectivity index (χ0n) is 15.9. The Morgan fingerprint density at radius 3 is 2.48 bits per heavy atom. The van der Waals surface area contributed by atoms with E-state index in [4.69, 9.17) is 0 Å². The highest BCUT2D eigenvalue weighted by Crippen LogP contribution is 2.22. The predicted octanol–water partition coefficient (Wildman–Crippen LogP) is 4.90. The van der Waals surface area contributed by atoms with Crippen molar-refractivity contribution in [1.82, 2.24) is 19.8 Å². The van der Waals surface area contributed by atoms with Gasteiger partial charge in [-0.1, -0.05) is 45.9 Å². The van der Waals surface area contributed by atoms with Crippen molar-refractivity contribution in [2.75, 3.05) is 11.1 Å². The summed E-state index contributed by atoms with van der Waals surface area (Å²) in [6.07, 6.45) is 0. The van der Waals surface area contributed by atoms with Gasteiger partial charge in [0.25, 0.3) is 0 Å². The molecular formula is C21H18BrN5OS. The number of amides is 1. The molecule has 0 atom stereocenters. The molecule has 2 aromatic heterocycles. The summed E-state index contributed by atoms with van der Waals surface area (Å²) < 4.78 is 2.68. The number of hydrogen-bond donors (Lipinski definition) is 1. The maximum Gasteiger partial charge on any atom is 0.234 e. The summed E-state index contributed by atoms with van der Waals surface area (Å²) in [5.74, 6) is 0.124. The average Bonchev–Trinajstić information content (AvgIpc) is 3.08. The van der Waals surface area contributed by atoms with Gasteiger partial charge in [-0.25, -0.2) is 0 Å². The molecule has 0 aliphatic heterocycles. The van der Waals surface area contributed by atoms with Crippen LogP contribution in [0.2, 0.25) is 0 Å². The van der Waals surface area contributed by atoms with Crippen LogP contribution in [-0.4, -0.2) is 31.5 Å². The van der Waals surface area contributed by atoms with Crippen molar-refractivity contribution in [2.45, 2.75) is 19.0 Å². The number of fused-ring (bicyclic) bond motifs is 1. The maximum atomic E-state index is 12.4. The Kier molecular flexibility index (Phi) is 5.64. The number of benzene rings is 2. The highest BCUT2D eigenvalue weighted by Gasteiger charge is 2.12. The minimum atomic E-state index is -0.0965. The van der Waals surface area contributed by atoms with Gasteiger partial charge in [-0.2, -0.15) is 9.61 Å². The quantitative estimate of drug-likeness (QED) is 0.422. The lowest BCUT2D eigenvalue weighted by atomic mass is 10.1. The van der Waals surface area contributed by atoms with Crippen LogP contribution in [0.5, 0.6) is 0 Å². The fourth-order valence-corrected chi connectivity index (χ4v) is 3.96. The molecule has 0 aliphatic rings. The van der Waals surface area contributed by atoms with E-state index in [2.05, 4.69) is 42.6 Å². The first-order valence-corrected chi connectivity index (χ1v) is 10.8. The Bertz CT molecular complexity index is 1170. The van der Waals surface area contributed by atoms with Crippen LogP contribution in [0.3, 0.4) is 0 Å². The summed E-state index contributed by atoms with van der Waals surface area (Å²) in [6.45, 7) is 4.02. The van der Waals surface area contributed by atoms with E-state index in [-0.39, 0.29) is 11.7 Å². The summed E-state index contributed by atoms with van der Waals surface area (Å²) in [5.41, 5.74) is 5.47. The number of aromatic nitrogens is 4. The first-order valence-electron chi connectivity index (χ1n) is 8.97. The molecule has 0 unspecified atom stereocenters. The Balaban J connectivity index is 1.49. The van der Waals surface area contributed by atoms with E-state index < -0.39 is 0 Å². The number of halogens is 1. The van der Waals surface area contributed by atoms with Gasteiger partial charge in [0.05, 0.1) is 11.4 Å². The van der Waals surface area contributed by atoms with Crippen LogP contribution in [0, 0.1) is 13.8 Å². The van der Waals surface area contributed by atoms with E-state index in [0.717, 1.165) is 32.5 Å². The van der Waals surface area contributed by atoms with Crippen LogP contribution in [0.1, 0.15) is 11.1 Å². The fraction of sp³-hybridized carbons (Fsp3) is 0.143. The lowest BCUT2D eigenvalue weighted by Crippen LogP contribution is -2.14. The van der Waals surface area contributed by atoms with Crippen molar-refractivity contribution in [3.63, 3.8) is 0 Å². The third kappa shape index (κ3) is 4.65. The van der Waals surface area contributed by atoms with Crippen LogP contribution in [-0.2, 0) is 4.79 Å². The molecule has 0 radical (unpaired) electrons. The van der Waals surface area contributed by atoms with Gasteiger partial charge in [0.2, 0.25) is 11.1 Å². The first kappa shape index (κ1) is 19.6. The van der Waals surface area contributed by atoms with Crippen LogP contribution in [0.4, 0.5) is 5.69 Å². The number of thioether (sulfide) groups is 1. The lowest BCUT2D eigenvalue weighted by Gasteiger charge is -2.07. The second kappa shape index (κ2) is 8.34. The number of carbonyl (C=O) groups excluding carboxylic acids is 1. The van der Waals surface area contributed by atoms with Gasteiger partial charge < -0.3 is 5.32 Å². The fourth-order valence-electron chi connectivity index (χ4n) is 3.01. The minimum Gasteiger partial charge on any atom is -0.325 e. The third-order valence-electron chi connectivity index (χ3n) is 4.21. The molecule has 146 valence electrons. The topological polar surface area (TPSA) is 72.2 Å². The Hall–Kier alpha value is -2.71. The van der Waals surface area contributed by atoms with E-state index in [1.807, 2.05) is 62.4 Å². The van der Waals surface area contributed by atoms with E-state index in [1.165, 1.54) is 11.8 Å². The van der Waals surface area contributed by atoms with Crippen LogP contribution in [0.15, 0.2) is 64.2 Å². The number of carbonyl (C=O) groups is 1. The van der Waals surface area contributed by atoms with Gasteiger partial charge in [0, 0.05) is 15.7 Å². The lowest BCUT2D eigenvalue weighted by molar-refractivity contribution is -0.113. The monoisotopic (exact) mass is 467 g/mol. The number of nitrogens with zero attached hydrogens (tertiary/aromatic N) is 4. The summed E-state index contributed by atoms with van der Waals surface area (Å²) in [5, 5.41) is 16.5. The van der Waals surface area contributed by atoms with Gasteiger partial charge in [0.1, 0.15) is 0 Å². The van der Waals surface area contributed by atoms with Crippen molar-refractivity contribution >= 4 is 44.9 Å². The number of nitrogens with one attached hydrogen (secondary N) is 1. The molecule has 6 nitrogen and oxygen atoms in total. The molecule has 0 spiro atoms. The zero-order chi connectivity index (χ0) is 20.4. The second-order valence-corrected chi connectivity index (χ2v) is 8.55. The van der Waals surface area contributed by atoms with Gasteiger partial charge in [-0.05, 0) is 61.4 Å². The smallest absolute Gasteiger partial charge is 0.234 e. The van der Waals surface area contributed by atoms with Crippen molar-refractivity contribution in [3.05, 3.63) is 70.2 Å². The molecule has 2 aromatic carbocycles. The SMILES string of the molecule is Cc1cc(C)cc(NC(=O)CSc2nnc3ccc(-c4ccc(Br)cc4)nn23)c1. The molecule has 0 saturated carbocycles. The minimum absolute atomic E-state index is 0.0965. The van der Waals surface area contributed by atoms with Crippen molar-refractivity contribution in [2.24, 2.45) is 0 Å². The summed E-state index contributed by atoms with van der Waals surface area (Å²) >= 11 is 4.75. The summed E-state index contributed by atoms with van der Waals surface area (Å²) in [6, 6.07) is 17.7. The molecule has 0 bridgehead atoms. The molecule has 8 heteroatoms. The van der Waals surface area contributed by atoms with Crippen molar-refractivity contribution in [1.29, 1.82) is 0 Å². The molecule has 2 heterocycles. The average molecular weight is 468 g/mol. The number of anilines is 1. The molecule has 0 fully saturated rings.